The molecule has 0 aliphatic carbocycles. The molecule has 3 aromatic rings. The Labute approximate surface area is 174 Å². The Balaban J connectivity index is 1.43. The van der Waals surface area contributed by atoms with Gasteiger partial charge in [-0.3, -0.25) is 9.10 Å². The Morgan fingerprint density at radius 3 is 2.40 bits per heavy atom. The first-order chi connectivity index (χ1) is 14.4. The lowest BCUT2D eigenvalue weighted by Gasteiger charge is -2.19. The quantitative estimate of drug-likeness (QED) is 0.657. The minimum absolute atomic E-state index is 0.112. The smallest absolute Gasteiger partial charge is 0.264 e. The number of hydrogen-bond acceptors (Lipinski definition) is 5. The van der Waals surface area contributed by atoms with Crippen LogP contribution in [0.1, 0.15) is 15.9 Å². The molecule has 7 nitrogen and oxygen atoms in total. The molecule has 1 aliphatic rings. The number of carbonyl (C=O) groups excluding carboxylic acids is 1. The number of para-hydroxylation sites is 1. The molecule has 154 valence electrons. The van der Waals surface area contributed by atoms with Crippen LogP contribution in [0.15, 0.2) is 77.7 Å². The fourth-order valence-electron chi connectivity index (χ4n) is 3.05. The summed E-state index contributed by atoms with van der Waals surface area (Å²) in [6.45, 7) is 0.506. The van der Waals surface area contributed by atoms with E-state index < -0.39 is 10.0 Å². The van der Waals surface area contributed by atoms with Gasteiger partial charge in [0.1, 0.15) is 0 Å². The Bertz CT molecular complexity index is 1160. The Hall–Kier alpha value is -3.52. The van der Waals surface area contributed by atoms with Crippen LogP contribution in [-0.2, 0) is 16.6 Å². The van der Waals surface area contributed by atoms with Crippen LogP contribution in [0.4, 0.5) is 5.69 Å². The molecule has 0 atom stereocenters. The Kier molecular flexibility index (Phi) is 5.33. The van der Waals surface area contributed by atoms with Gasteiger partial charge in [-0.25, -0.2) is 8.42 Å². The first-order valence-corrected chi connectivity index (χ1v) is 10.7. The molecular weight excluding hydrogens is 404 g/mol. The van der Waals surface area contributed by atoms with Crippen molar-refractivity contribution < 1.29 is 22.7 Å². The zero-order valence-corrected chi connectivity index (χ0v) is 17.1. The van der Waals surface area contributed by atoms with Crippen molar-refractivity contribution in [1.29, 1.82) is 0 Å². The van der Waals surface area contributed by atoms with E-state index in [9.17, 15) is 13.2 Å². The highest BCUT2D eigenvalue weighted by Crippen LogP contribution is 2.32. The number of ether oxygens (including phenoxy) is 2. The number of sulfonamides is 1. The molecule has 1 amide bonds. The molecule has 0 aromatic heterocycles. The largest absolute Gasteiger partial charge is 0.454 e. The van der Waals surface area contributed by atoms with Crippen LogP contribution in [0.5, 0.6) is 11.5 Å². The highest BCUT2D eigenvalue weighted by molar-refractivity contribution is 7.92. The number of anilines is 1. The first-order valence-electron chi connectivity index (χ1n) is 9.26. The van der Waals surface area contributed by atoms with Crippen molar-refractivity contribution in [3.05, 3.63) is 83.9 Å². The maximum atomic E-state index is 12.8. The predicted octanol–water partition coefficient (Wildman–Crippen LogP) is 3.17. The lowest BCUT2D eigenvalue weighted by molar-refractivity contribution is 0.0950. The summed E-state index contributed by atoms with van der Waals surface area (Å²) in [5.41, 5.74) is 1.80. The third kappa shape index (κ3) is 3.95. The first kappa shape index (κ1) is 19.8. The van der Waals surface area contributed by atoms with Crippen LogP contribution >= 0.6 is 0 Å². The Morgan fingerprint density at radius 1 is 0.967 bits per heavy atom. The van der Waals surface area contributed by atoms with E-state index in [0.717, 1.165) is 5.56 Å². The van der Waals surface area contributed by atoms with Crippen molar-refractivity contribution in [2.45, 2.75) is 11.4 Å². The van der Waals surface area contributed by atoms with Gasteiger partial charge in [0.15, 0.2) is 11.5 Å². The summed E-state index contributed by atoms with van der Waals surface area (Å²) in [6.07, 6.45) is 0. The number of fused-ring (bicyclic) bond motifs is 1. The van der Waals surface area contributed by atoms with E-state index in [1.807, 2.05) is 18.2 Å². The molecule has 1 N–H and O–H groups in total. The van der Waals surface area contributed by atoms with Crippen LogP contribution < -0.4 is 19.1 Å². The monoisotopic (exact) mass is 424 g/mol. The van der Waals surface area contributed by atoms with Crippen LogP contribution in [0.25, 0.3) is 0 Å². The summed E-state index contributed by atoms with van der Waals surface area (Å²) in [4.78, 5) is 12.6. The SMILES string of the molecule is CN(c1ccccc1)S(=O)(=O)c1ccc(C(=O)NCc2ccc3c(c2)OCO3)cc1. The van der Waals surface area contributed by atoms with E-state index in [4.69, 9.17) is 9.47 Å². The minimum atomic E-state index is -3.72. The topological polar surface area (TPSA) is 84.9 Å². The molecule has 0 bridgehead atoms. The van der Waals surface area contributed by atoms with Crippen molar-refractivity contribution in [2.75, 3.05) is 18.1 Å². The van der Waals surface area contributed by atoms with Crippen LogP contribution in [0.3, 0.4) is 0 Å². The second-order valence-electron chi connectivity index (χ2n) is 6.70. The molecule has 0 unspecified atom stereocenters. The standard InChI is InChI=1S/C22H20N2O5S/c1-24(18-5-3-2-4-6-18)30(26,27)19-10-8-17(9-11-19)22(25)23-14-16-7-12-20-21(13-16)29-15-28-20/h2-13H,14-15H2,1H3,(H,23,25). The number of hydrogen-bond donors (Lipinski definition) is 1. The zero-order chi connectivity index (χ0) is 21.1. The van der Waals surface area contributed by atoms with Crippen molar-refractivity contribution in [3.63, 3.8) is 0 Å². The van der Waals surface area contributed by atoms with Gasteiger partial charge in [0.25, 0.3) is 15.9 Å². The van der Waals surface area contributed by atoms with Gasteiger partial charge in [0, 0.05) is 19.2 Å². The molecular formula is C22H20N2O5S. The fraction of sp³-hybridized carbons (Fsp3) is 0.136. The third-order valence-electron chi connectivity index (χ3n) is 4.78. The van der Waals surface area contributed by atoms with Crippen molar-refractivity contribution in [2.24, 2.45) is 0 Å². The summed E-state index contributed by atoms with van der Waals surface area (Å²) >= 11 is 0. The molecule has 0 saturated heterocycles. The van der Waals surface area contributed by atoms with E-state index in [2.05, 4.69) is 5.32 Å². The molecule has 0 fully saturated rings. The number of carbonyl (C=O) groups is 1. The van der Waals surface area contributed by atoms with E-state index in [0.29, 0.717) is 29.3 Å². The molecule has 1 heterocycles. The molecule has 0 radical (unpaired) electrons. The van der Waals surface area contributed by atoms with Gasteiger partial charge >= 0.3 is 0 Å². The number of nitrogens with one attached hydrogen (secondary N) is 1. The molecule has 0 saturated carbocycles. The summed E-state index contributed by atoms with van der Waals surface area (Å²) in [5.74, 6) is 1.04. The van der Waals surface area contributed by atoms with Gasteiger partial charge in [0.05, 0.1) is 10.6 Å². The second kappa shape index (κ2) is 8.08. The van der Waals surface area contributed by atoms with E-state index in [-0.39, 0.29) is 17.6 Å². The molecule has 4 rings (SSSR count). The zero-order valence-electron chi connectivity index (χ0n) is 16.2. The maximum Gasteiger partial charge on any atom is 0.264 e. The number of nitrogens with zero attached hydrogens (tertiary/aromatic N) is 1. The van der Waals surface area contributed by atoms with Gasteiger partial charge in [-0.1, -0.05) is 24.3 Å². The van der Waals surface area contributed by atoms with E-state index in [1.54, 1.807) is 30.3 Å². The fourth-order valence-corrected chi connectivity index (χ4v) is 4.24. The average molecular weight is 424 g/mol. The minimum Gasteiger partial charge on any atom is -0.454 e. The summed E-state index contributed by atoms with van der Waals surface area (Å²) in [5, 5.41) is 2.82. The summed E-state index contributed by atoms with van der Waals surface area (Å²) < 4.78 is 37.5. The average Bonchev–Trinajstić information content (AvgIpc) is 3.25. The van der Waals surface area contributed by atoms with Crippen LogP contribution in [-0.4, -0.2) is 28.2 Å². The normalized spacial score (nSPS) is 12.4. The van der Waals surface area contributed by atoms with E-state index in [1.165, 1.54) is 35.6 Å². The molecule has 3 aromatic carbocycles. The van der Waals surface area contributed by atoms with Crippen LogP contribution in [0.2, 0.25) is 0 Å². The Morgan fingerprint density at radius 2 is 1.67 bits per heavy atom. The number of amides is 1. The lowest BCUT2D eigenvalue weighted by Crippen LogP contribution is -2.27. The van der Waals surface area contributed by atoms with Crippen molar-refractivity contribution in [3.8, 4) is 11.5 Å². The van der Waals surface area contributed by atoms with E-state index >= 15 is 0 Å². The molecule has 30 heavy (non-hydrogen) atoms. The molecule has 1 aliphatic heterocycles. The lowest BCUT2D eigenvalue weighted by atomic mass is 10.2. The number of rotatable bonds is 6. The highest BCUT2D eigenvalue weighted by atomic mass is 32.2. The predicted molar refractivity (Wildman–Crippen MR) is 112 cm³/mol. The van der Waals surface area contributed by atoms with Gasteiger partial charge < -0.3 is 14.8 Å². The maximum absolute atomic E-state index is 12.8. The number of benzene rings is 3. The second-order valence-corrected chi connectivity index (χ2v) is 8.67. The van der Waals surface area contributed by atoms with Crippen LogP contribution in [0, 0.1) is 0 Å². The third-order valence-corrected chi connectivity index (χ3v) is 6.58. The van der Waals surface area contributed by atoms with Crippen molar-refractivity contribution in [1.82, 2.24) is 5.32 Å². The molecule has 0 spiro atoms. The molecule has 8 heteroatoms. The summed E-state index contributed by atoms with van der Waals surface area (Å²) in [6, 6.07) is 20.1. The summed E-state index contributed by atoms with van der Waals surface area (Å²) in [7, 11) is -2.22. The van der Waals surface area contributed by atoms with Crippen molar-refractivity contribution >= 4 is 21.6 Å². The van der Waals surface area contributed by atoms with Gasteiger partial charge in [-0.05, 0) is 54.1 Å². The highest BCUT2D eigenvalue weighted by Gasteiger charge is 2.21. The van der Waals surface area contributed by atoms with Gasteiger partial charge in [-0.15, -0.1) is 0 Å². The van der Waals surface area contributed by atoms with Gasteiger partial charge in [0.2, 0.25) is 6.79 Å². The van der Waals surface area contributed by atoms with Gasteiger partial charge in [-0.2, -0.15) is 0 Å².